The normalized spacial score (nSPS) is 13.5. The lowest BCUT2D eigenvalue weighted by atomic mass is 10.8. The summed E-state index contributed by atoms with van der Waals surface area (Å²) in [6.45, 7) is 7.28. The largest absolute Gasteiger partial charge is 0.297 e. The molecular formula is C8H22N2Si2. The number of rotatable bonds is 4. The SMILES string of the molecule is C[Si][Si](C)(C)C(N(C)C)N(C)C. The molecule has 2 radical (unpaired) electrons. The van der Waals surface area contributed by atoms with Crippen LogP contribution in [0.5, 0.6) is 0 Å². The highest BCUT2D eigenvalue weighted by Gasteiger charge is 2.33. The number of nitrogens with zero attached hydrogens (tertiary/aromatic N) is 2. The first kappa shape index (κ1) is 12.4. The third-order valence-electron chi connectivity index (χ3n) is 2.27. The minimum atomic E-state index is -1.05. The van der Waals surface area contributed by atoms with Gasteiger partial charge in [0.25, 0.3) is 0 Å². The van der Waals surface area contributed by atoms with E-state index in [4.69, 9.17) is 0 Å². The van der Waals surface area contributed by atoms with E-state index in [2.05, 4.69) is 57.6 Å². The van der Waals surface area contributed by atoms with Crippen molar-refractivity contribution < 1.29 is 0 Å². The fraction of sp³-hybridized carbons (Fsp3) is 1.00. The fourth-order valence-corrected chi connectivity index (χ4v) is 7.05. The summed E-state index contributed by atoms with van der Waals surface area (Å²) >= 11 is 0. The Bertz CT molecular complexity index is 127. The van der Waals surface area contributed by atoms with Crippen LogP contribution in [0.2, 0.25) is 19.6 Å². The van der Waals surface area contributed by atoms with Crippen molar-refractivity contribution in [3.05, 3.63) is 0 Å². The van der Waals surface area contributed by atoms with E-state index >= 15 is 0 Å². The average molecular weight is 202 g/mol. The Labute approximate surface area is 80.6 Å². The highest BCUT2D eigenvalue weighted by atomic mass is 29.2. The molecule has 0 fully saturated rings. The molecule has 4 heteroatoms. The first-order chi connectivity index (χ1) is 5.33. The zero-order valence-electron chi connectivity index (χ0n) is 9.47. The second kappa shape index (κ2) is 4.55. The van der Waals surface area contributed by atoms with E-state index in [0.29, 0.717) is 5.79 Å². The van der Waals surface area contributed by atoms with Gasteiger partial charge >= 0.3 is 0 Å². The van der Waals surface area contributed by atoms with Crippen molar-refractivity contribution in [2.75, 3.05) is 28.2 Å². The molecule has 0 rings (SSSR count). The van der Waals surface area contributed by atoms with E-state index in [1.54, 1.807) is 0 Å². The molecule has 0 aliphatic heterocycles. The summed E-state index contributed by atoms with van der Waals surface area (Å²) in [7, 11) is 8.77. The third-order valence-corrected chi connectivity index (χ3v) is 10.5. The van der Waals surface area contributed by atoms with Gasteiger partial charge in [-0.1, -0.05) is 19.6 Å². The van der Waals surface area contributed by atoms with Crippen molar-refractivity contribution in [1.82, 2.24) is 9.80 Å². The van der Waals surface area contributed by atoms with Crippen LogP contribution < -0.4 is 0 Å². The molecule has 0 heterocycles. The van der Waals surface area contributed by atoms with Crippen molar-refractivity contribution >= 4 is 16.6 Å². The van der Waals surface area contributed by atoms with Gasteiger partial charge in [0.05, 0.1) is 7.59 Å². The van der Waals surface area contributed by atoms with Crippen molar-refractivity contribution in [3.8, 4) is 0 Å². The molecule has 72 valence electrons. The maximum Gasteiger partial charge on any atom is 0.0730 e. The lowest BCUT2D eigenvalue weighted by Gasteiger charge is -2.41. The van der Waals surface area contributed by atoms with Crippen LogP contribution in [0, 0.1) is 0 Å². The van der Waals surface area contributed by atoms with Gasteiger partial charge in [-0.05, 0) is 28.2 Å². The van der Waals surface area contributed by atoms with E-state index in [9.17, 15) is 0 Å². The predicted octanol–water partition coefficient (Wildman–Crippen LogP) is 0.932. The van der Waals surface area contributed by atoms with Gasteiger partial charge in [-0.2, -0.15) is 0 Å². The van der Waals surface area contributed by atoms with Crippen molar-refractivity contribution in [3.63, 3.8) is 0 Å². The topological polar surface area (TPSA) is 6.48 Å². The van der Waals surface area contributed by atoms with E-state index in [1.165, 1.54) is 0 Å². The zero-order chi connectivity index (χ0) is 9.94. The summed E-state index contributed by atoms with van der Waals surface area (Å²) in [6.07, 6.45) is 0. The maximum absolute atomic E-state index is 2.47. The Balaban J connectivity index is 4.50. The fourth-order valence-electron chi connectivity index (χ4n) is 1.88. The number of hydrogen-bond acceptors (Lipinski definition) is 2. The quantitative estimate of drug-likeness (QED) is 0.494. The third kappa shape index (κ3) is 3.01. The second-order valence-electron chi connectivity index (χ2n) is 4.27. The van der Waals surface area contributed by atoms with Gasteiger partial charge in [-0.15, -0.1) is 0 Å². The van der Waals surface area contributed by atoms with Crippen LogP contribution in [0.25, 0.3) is 0 Å². The van der Waals surface area contributed by atoms with Gasteiger partial charge in [0, 0.05) is 14.8 Å². The molecule has 0 saturated heterocycles. The molecular weight excluding hydrogens is 180 g/mol. The highest BCUT2D eigenvalue weighted by molar-refractivity contribution is 7.23. The maximum atomic E-state index is 2.47. The van der Waals surface area contributed by atoms with Crippen molar-refractivity contribution in [2.24, 2.45) is 0 Å². The van der Waals surface area contributed by atoms with Gasteiger partial charge in [0.15, 0.2) is 0 Å². The lowest BCUT2D eigenvalue weighted by Crippen LogP contribution is -2.60. The Morgan fingerprint density at radius 1 is 1.00 bits per heavy atom. The van der Waals surface area contributed by atoms with Gasteiger partial charge in [0.2, 0.25) is 0 Å². The Hall–Kier alpha value is 0.354. The molecule has 0 amide bonds. The van der Waals surface area contributed by atoms with Crippen LogP contribution in [0.1, 0.15) is 0 Å². The smallest absolute Gasteiger partial charge is 0.0730 e. The highest BCUT2D eigenvalue weighted by Crippen LogP contribution is 2.13. The molecule has 0 spiro atoms. The molecule has 0 aliphatic carbocycles. The van der Waals surface area contributed by atoms with Crippen LogP contribution >= 0.6 is 0 Å². The van der Waals surface area contributed by atoms with Gasteiger partial charge < -0.3 is 0 Å². The molecule has 0 aromatic carbocycles. The zero-order valence-corrected chi connectivity index (χ0v) is 11.5. The molecule has 0 aromatic rings. The van der Waals surface area contributed by atoms with E-state index < -0.39 is 7.59 Å². The molecule has 12 heavy (non-hydrogen) atoms. The summed E-state index contributed by atoms with van der Waals surface area (Å²) in [4.78, 5) is 4.70. The van der Waals surface area contributed by atoms with Crippen molar-refractivity contribution in [2.45, 2.75) is 25.4 Å². The van der Waals surface area contributed by atoms with Gasteiger partial charge in [0.1, 0.15) is 0 Å². The van der Waals surface area contributed by atoms with Crippen LogP contribution in [-0.2, 0) is 0 Å². The van der Waals surface area contributed by atoms with Crippen LogP contribution in [0.4, 0.5) is 0 Å². The summed E-state index contributed by atoms with van der Waals surface area (Å²) in [5.41, 5.74) is 0. The standard InChI is InChI=1S/C8H22N2Si2/c1-9(2)8(10(3)4)12(6,7)11-5/h8H,1-7H3. The molecule has 2 nitrogen and oxygen atoms in total. The second-order valence-corrected chi connectivity index (χ2v) is 14.1. The predicted molar refractivity (Wildman–Crippen MR) is 60.3 cm³/mol. The van der Waals surface area contributed by atoms with E-state index in [0.717, 1.165) is 9.04 Å². The summed E-state index contributed by atoms with van der Waals surface area (Å²) in [5, 5.41) is 0. The molecule has 0 aromatic heterocycles. The first-order valence-corrected chi connectivity index (χ1v) is 9.92. The molecule has 0 saturated carbocycles. The molecule has 0 bridgehead atoms. The van der Waals surface area contributed by atoms with Crippen LogP contribution in [-0.4, -0.2) is 60.4 Å². The molecule has 0 N–H and O–H groups in total. The minimum Gasteiger partial charge on any atom is -0.297 e. The summed E-state index contributed by atoms with van der Waals surface area (Å²) in [6, 6.07) is 0. The van der Waals surface area contributed by atoms with Gasteiger partial charge in [-0.25, -0.2) is 0 Å². The van der Waals surface area contributed by atoms with Gasteiger partial charge in [-0.3, -0.25) is 9.80 Å². The minimum absolute atomic E-state index is 0.667. The van der Waals surface area contributed by atoms with Crippen molar-refractivity contribution in [1.29, 1.82) is 0 Å². The Morgan fingerprint density at radius 2 is 1.33 bits per heavy atom. The lowest BCUT2D eigenvalue weighted by molar-refractivity contribution is 0.195. The number of hydrogen-bond donors (Lipinski definition) is 0. The molecule has 0 atom stereocenters. The molecule has 0 aliphatic rings. The first-order valence-electron chi connectivity index (χ1n) is 4.34. The summed E-state index contributed by atoms with van der Waals surface area (Å²) < 4.78 is 0. The Morgan fingerprint density at radius 3 is 1.42 bits per heavy atom. The van der Waals surface area contributed by atoms with E-state index in [1.807, 2.05) is 0 Å². The monoisotopic (exact) mass is 202 g/mol. The summed E-state index contributed by atoms with van der Waals surface area (Å²) in [5.74, 6) is 0.667. The van der Waals surface area contributed by atoms with Crippen LogP contribution in [0.15, 0.2) is 0 Å². The van der Waals surface area contributed by atoms with Crippen LogP contribution in [0.3, 0.4) is 0 Å². The molecule has 0 unspecified atom stereocenters. The van der Waals surface area contributed by atoms with E-state index in [-0.39, 0.29) is 0 Å². The Kier molecular flexibility index (Phi) is 4.69. The average Bonchev–Trinajstić information content (AvgIpc) is 1.84.